The summed E-state index contributed by atoms with van der Waals surface area (Å²) >= 11 is 3.13. The van der Waals surface area contributed by atoms with Gasteiger partial charge in [-0.05, 0) is 40.0 Å². The summed E-state index contributed by atoms with van der Waals surface area (Å²) in [4.78, 5) is 0. The molecule has 2 rings (SSSR count). The van der Waals surface area contributed by atoms with Gasteiger partial charge in [-0.25, -0.2) is 4.39 Å². The van der Waals surface area contributed by atoms with E-state index < -0.39 is 0 Å². The maximum absolute atomic E-state index is 13.3. The van der Waals surface area contributed by atoms with Gasteiger partial charge in [-0.1, -0.05) is 18.2 Å². The Labute approximate surface area is 109 Å². The third-order valence-electron chi connectivity index (χ3n) is 2.96. The number of rotatable bonds is 4. The summed E-state index contributed by atoms with van der Waals surface area (Å²) in [5.74, 6) is 0.0219. The number of aliphatic hydroxyl groups excluding tert-OH is 1. The van der Waals surface area contributed by atoms with Gasteiger partial charge in [0.05, 0.1) is 4.47 Å². The lowest BCUT2D eigenvalue weighted by Gasteiger charge is -2.12. The molecule has 2 N–H and O–H groups in total. The molecule has 92 valence electrons. The molecule has 2 nitrogen and oxygen atoms in total. The first-order valence-electron chi connectivity index (χ1n) is 5.65. The van der Waals surface area contributed by atoms with Crippen molar-refractivity contribution in [2.45, 2.75) is 19.0 Å². The fraction of sp³-hybridized carbons (Fsp3) is 0.385. The van der Waals surface area contributed by atoms with Gasteiger partial charge < -0.3 is 10.4 Å². The molecule has 1 aliphatic carbocycles. The second-order valence-corrected chi connectivity index (χ2v) is 5.15. The van der Waals surface area contributed by atoms with Gasteiger partial charge in [0.15, 0.2) is 0 Å². The van der Waals surface area contributed by atoms with Crippen molar-refractivity contribution in [1.82, 2.24) is 5.32 Å². The molecule has 0 bridgehead atoms. The Bertz CT molecular complexity index is 422. The average molecular weight is 300 g/mol. The molecule has 0 fully saturated rings. The Morgan fingerprint density at radius 1 is 1.41 bits per heavy atom. The molecule has 1 aromatic carbocycles. The molecule has 0 saturated heterocycles. The number of hydrogen-bond acceptors (Lipinski definition) is 2. The van der Waals surface area contributed by atoms with Crippen LogP contribution in [0.15, 0.2) is 34.8 Å². The van der Waals surface area contributed by atoms with Crippen molar-refractivity contribution in [3.63, 3.8) is 0 Å². The van der Waals surface area contributed by atoms with Crippen LogP contribution in [0.4, 0.5) is 4.39 Å². The second kappa shape index (κ2) is 5.76. The van der Waals surface area contributed by atoms with Crippen molar-refractivity contribution >= 4 is 15.9 Å². The lowest BCUT2D eigenvalue weighted by atomic mass is 10.1. The van der Waals surface area contributed by atoms with Crippen LogP contribution in [-0.4, -0.2) is 17.8 Å². The van der Waals surface area contributed by atoms with Crippen LogP contribution in [0.2, 0.25) is 0 Å². The van der Waals surface area contributed by atoms with Crippen molar-refractivity contribution in [3.05, 3.63) is 46.2 Å². The molecule has 4 heteroatoms. The topological polar surface area (TPSA) is 32.3 Å². The summed E-state index contributed by atoms with van der Waals surface area (Å²) in [6.45, 7) is 0.832. The minimum absolute atomic E-state index is 0.196. The van der Waals surface area contributed by atoms with Crippen LogP contribution in [0.1, 0.15) is 12.0 Å². The lowest BCUT2D eigenvalue weighted by Crippen LogP contribution is -2.26. The van der Waals surface area contributed by atoms with Crippen LogP contribution in [-0.2, 0) is 6.54 Å². The summed E-state index contributed by atoms with van der Waals surface area (Å²) in [7, 11) is 0. The predicted octanol–water partition coefficient (Wildman–Crippen LogP) is 2.61. The van der Waals surface area contributed by atoms with Crippen LogP contribution in [0.25, 0.3) is 0 Å². The Morgan fingerprint density at radius 2 is 2.24 bits per heavy atom. The Balaban J connectivity index is 1.86. The van der Waals surface area contributed by atoms with Crippen molar-refractivity contribution in [1.29, 1.82) is 0 Å². The van der Waals surface area contributed by atoms with Crippen molar-refractivity contribution in [3.8, 4) is 0 Å². The van der Waals surface area contributed by atoms with E-state index in [0.717, 1.165) is 12.0 Å². The van der Waals surface area contributed by atoms with Crippen LogP contribution >= 0.6 is 15.9 Å². The molecule has 17 heavy (non-hydrogen) atoms. The van der Waals surface area contributed by atoms with Gasteiger partial charge in [-0.3, -0.25) is 0 Å². The van der Waals surface area contributed by atoms with Crippen LogP contribution in [0, 0.1) is 11.7 Å². The predicted molar refractivity (Wildman–Crippen MR) is 69.1 cm³/mol. The maximum Gasteiger partial charge on any atom is 0.137 e. The van der Waals surface area contributed by atoms with Gasteiger partial charge in [0.2, 0.25) is 0 Å². The quantitative estimate of drug-likeness (QED) is 0.838. The van der Waals surface area contributed by atoms with Crippen LogP contribution in [0.5, 0.6) is 0 Å². The third kappa shape index (κ3) is 3.37. The molecular weight excluding hydrogens is 285 g/mol. The zero-order chi connectivity index (χ0) is 12.3. The normalized spacial score (nSPS) is 23.2. The summed E-state index contributed by atoms with van der Waals surface area (Å²) < 4.78 is 13.8. The second-order valence-electron chi connectivity index (χ2n) is 4.30. The zero-order valence-corrected chi connectivity index (χ0v) is 11.0. The molecule has 0 saturated carbocycles. The summed E-state index contributed by atoms with van der Waals surface area (Å²) in [6, 6.07) is 5.41. The molecule has 0 aliphatic heterocycles. The third-order valence-corrected chi connectivity index (χ3v) is 3.60. The van der Waals surface area contributed by atoms with E-state index in [9.17, 15) is 4.39 Å². The highest BCUT2D eigenvalue weighted by atomic mass is 79.9. The molecule has 1 aromatic rings. The van der Waals surface area contributed by atoms with Crippen molar-refractivity contribution < 1.29 is 9.50 Å². The van der Waals surface area contributed by atoms with Gasteiger partial charge in [0.25, 0.3) is 0 Å². The summed E-state index contributed by atoms with van der Waals surface area (Å²) in [6.07, 6.45) is 5.01. The van der Waals surface area contributed by atoms with E-state index in [2.05, 4.69) is 27.3 Å². The van der Waals surface area contributed by atoms with E-state index >= 15 is 0 Å². The smallest absolute Gasteiger partial charge is 0.137 e. The molecule has 0 amide bonds. The Hall–Kier alpha value is -0.710. The highest BCUT2D eigenvalue weighted by Crippen LogP contribution is 2.19. The van der Waals surface area contributed by atoms with Gasteiger partial charge in [0, 0.05) is 25.1 Å². The molecule has 0 aromatic heterocycles. The number of halogens is 2. The molecule has 0 unspecified atom stereocenters. The number of hydrogen-bond donors (Lipinski definition) is 2. The van der Waals surface area contributed by atoms with E-state index in [1.165, 1.54) is 6.07 Å². The molecule has 0 spiro atoms. The fourth-order valence-electron chi connectivity index (χ4n) is 1.96. The first kappa shape index (κ1) is 12.7. The van der Waals surface area contributed by atoms with Crippen molar-refractivity contribution in [2.24, 2.45) is 5.92 Å². The van der Waals surface area contributed by atoms with E-state index in [1.807, 2.05) is 12.1 Å². The van der Waals surface area contributed by atoms with Crippen LogP contribution in [0.3, 0.4) is 0 Å². The molecule has 0 heterocycles. The first-order valence-corrected chi connectivity index (χ1v) is 6.45. The van der Waals surface area contributed by atoms with E-state index in [4.69, 9.17) is 5.11 Å². The summed E-state index contributed by atoms with van der Waals surface area (Å²) in [5.41, 5.74) is 0.923. The minimum atomic E-state index is -0.237. The monoisotopic (exact) mass is 299 g/mol. The van der Waals surface area contributed by atoms with Gasteiger partial charge >= 0.3 is 0 Å². The van der Waals surface area contributed by atoms with Crippen molar-refractivity contribution in [2.75, 3.05) is 6.61 Å². The maximum atomic E-state index is 13.3. The van der Waals surface area contributed by atoms with E-state index in [0.29, 0.717) is 11.0 Å². The molecule has 2 atom stereocenters. The highest BCUT2D eigenvalue weighted by molar-refractivity contribution is 9.10. The van der Waals surface area contributed by atoms with Crippen LogP contribution < -0.4 is 5.32 Å². The number of aliphatic hydroxyl groups is 1. The van der Waals surface area contributed by atoms with Gasteiger partial charge in [-0.2, -0.15) is 0 Å². The largest absolute Gasteiger partial charge is 0.396 e. The first-order chi connectivity index (χ1) is 8.19. The average Bonchev–Trinajstić information content (AvgIpc) is 2.79. The van der Waals surface area contributed by atoms with Gasteiger partial charge in [0.1, 0.15) is 5.82 Å². The molecule has 1 aliphatic rings. The van der Waals surface area contributed by atoms with Gasteiger partial charge in [-0.15, -0.1) is 0 Å². The zero-order valence-electron chi connectivity index (χ0n) is 9.37. The lowest BCUT2D eigenvalue weighted by molar-refractivity contribution is 0.246. The SMILES string of the molecule is OC[C@H]1C=C[C@@H](NCc2ccc(Br)c(F)c2)C1. The summed E-state index contributed by atoms with van der Waals surface area (Å²) in [5, 5.41) is 12.3. The fourth-order valence-corrected chi connectivity index (χ4v) is 2.21. The number of nitrogens with one attached hydrogen (secondary N) is 1. The number of benzene rings is 1. The highest BCUT2D eigenvalue weighted by Gasteiger charge is 2.17. The Morgan fingerprint density at radius 3 is 2.88 bits per heavy atom. The van der Waals surface area contributed by atoms with E-state index in [1.54, 1.807) is 6.07 Å². The minimum Gasteiger partial charge on any atom is -0.396 e. The Kier molecular flexibility index (Phi) is 4.31. The van der Waals surface area contributed by atoms with E-state index in [-0.39, 0.29) is 24.4 Å². The molecule has 0 radical (unpaired) electrons. The molecular formula is C13H15BrFNO. The standard InChI is InChI=1S/C13H15BrFNO/c14-12-4-2-9(6-13(12)15)7-16-11-3-1-10(5-11)8-17/h1-4,6,10-11,16-17H,5,7-8H2/t10-,11+/m0/s1.